The smallest absolute Gasteiger partial charge is 0.155 e. The van der Waals surface area contributed by atoms with Crippen molar-refractivity contribution in [3.63, 3.8) is 0 Å². The monoisotopic (exact) mass is 313 g/mol. The van der Waals surface area contributed by atoms with Gasteiger partial charge in [-0.05, 0) is 66.8 Å². The van der Waals surface area contributed by atoms with Gasteiger partial charge >= 0.3 is 0 Å². The molecule has 3 fully saturated rings. The van der Waals surface area contributed by atoms with Crippen molar-refractivity contribution in [1.29, 1.82) is 0 Å². The first-order chi connectivity index (χ1) is 10.7. The van der Waals surface area contributed by atoms with E-state index < -0.39 is 5.60 Å². The molecule has 2 heteroatoms. The minimum Gasteiger partial charge on any atom is -0.849 e. The van der Waals surface area contributed by atoms with Gasteiger partial charge in [0.25, 0.3) is 0 Å². The molecule has 0 amide bonds. The van der Waals surface area contributed by atoms with Crippen LogP contribution in [0.15, 0.2) is 23.8 Å². The third kappa shape index (κ3) is 1.76. The van der Waals surface area contributed by atoms with Gasteiger partial charge in [-0.2, -0.15) is 0 Å². The highest BCUT2D eigenvalue weighted by atomic mass is 16.3. The average Bonchev–Trinajstić information content (AvgIpc) is 2.73. The summed E-state index contributed by atoms with van der Waals surface area (Å²) in [7, 11) is 0. The number of hydrogen-bond acceptors (Lipinski definition) is 2. The van der Waals surface area contributed by atoms with Crippen molar-refractivity contribution in [2.24, 2.45) is 28.6 Å². The quantitative estimate of drug-likeness (QED) is 0.638. The lowest BCUT2D eigenvalue weighted by molar-refractivity contribution is -0.534. The highest BCUT2D eigenvalue weighted by Gasteiger charge is 2.60. The Morgan fingerprint density at radius 2 is 1.91 bits per heavy atom. The second-order valence-electron chi connectivity index (χ2n) is 9.19. The van der Waals surface area contributed by atoms with E-state index in [1.807, 2.05) is 6.08 Å². The second kappa shape index (κ2) is 4.59. The summed E-state index contributed by atoms with van der Waals surface area (Å²) in [6, 6.07) is 0. The summed E-state index contributed by atoms with van der Waals surface area (Å²) in [5, 5.41) is 14.2. The Hall–Kier alpha value is -0.890. The van der Waals surface area contributed by atoms with Crippen LogP contribution >= 0.6 is 0 Å². The minimum atomic E-state index is -0.883. The van der Waals surface area contributed by atoms with Crippen molar-refractivity contribution in [1.82, 2.24) is 0 Å². The predicted molar refractivity (Wildman–Crippen MR) is 89.6 cm³/mol. The van der Waals surface area contributed by atoms with Crippen LogP contribution in [-0.4, -0.2) is 11.4 Å². The van der Waals surface area contributed by atoms with E-state index in [1.54, 1.807) is 0 Å². The van der Waals surface area contributed by atoms with E-state index in [9.17, 15) is 9.90 Å². The molecule has 4 aliphatic rings. The van der Waals surface area contributed by atoms with Crippen molar-refractivity contribution >= 4 is 5.78 Å². The third-order valence-electron chi connectivity index (χ3n) is 8.43. The van der Waals surface area contributed by atoms with Gasteiger partial charge in [0.05, 0.1) is 0 Å². The Kier molecular flexibility index (Phi) is 3.12. The largest absolute Gasteiger partial charge is 0.849 e. The van der Waals surface area contributed by atoms with Gasteiger partial charge < -0.3 is 5.11 Å². The summed E-state index contributed by atoms with van der Waals surface area (Å²) in [5.41, 5.74) is 1.52. The summed E-state index contributed by atoms with van der Waals surface area (Å²) < 4.78 is 0. The van der Waals surface area contributed by atoms with Gasteiger partial charge in [0.1, 0.15) is 0 Å². The van der Waals surface area contributed by atoms with Gasteiger partial charge in [0, 0.05) is 6.42 Å². The molecule has 0 aliphatic heterocycles. The Balaban J connectivity index is 1.77. The second-order valence-corrected chi connectivity index (χ2v) is 9.19. The fraction of sp³-hybridized carbons (Fsp3) is 0.762. The van der Waals surface area contributed by atoms with Crippen LogP contribution in [0.1, 0.15) is 65.7 Å². The highest BCUT2D eigenvalue weighted by Crippen LogP contribution is 2.67. The van der Waals surface area contributed by atoms with Gasteiger partial charge in [0.2, 0.25) is 0 Å². The predicted octanol–water partition coefficient (Wildman–Crippen LogP) is 3.80. The van der Waals surface area contributed by atoms with Crippen molar-refractivity contribution in [3.05, 3.63) is 23.8 Å². The maximum Gasteiger partial charge on any atom is 0.155 e. The fourth-order valence-electron chi connectivity index (χ4n) is 6.72. The normalized spacial score (nSPS) is 52.5. The number of carbonyl (C=O) groups is 1. The molecule has 6 atom stereocenters. The zero-order valence-corrected chi connectivity index (χ0v) is 14.8. The molecular formula is C21H29O2-. The lowest BCUT2D eigenvalue weighted by Crippen LogP contribution is -2.69. The summed E-state index contributed by atoms with van der Waals surface area (Å²) >= 11 is 0. The number of ketones is 1. The van der Waals surface area contributed by atoms with E-state index in [2.05, 4.69) is 27.4 Å². The van der Waals surface area contributed by atoms with Crippen molar-refractivity contribution < 1.29 is 9.90 Å². The van der Waals surface area contributed by atoms with Crippen LogP contribution in [0.4, 0.5) is 0 Å². The highest BCUT2D eigenvalue weighted by molar-refractivity contribution is 5.91. The molecule has 0 spiro atoms. The summed E-state index contributed by atoms with van der Waals surface area (Å²) in [4.78, 5) is 11.9. The molecule has 0 aromatic heterocycles. The van der Waals surface area contributed by atoms with E-state index in [0.29, 0.717) is 18.3 Å². The van der Waals surface area contributed by atoms with Gasteiger partial charge in [-0.3, -0.25) is 4.79 Å². The Labute approximate surface area is 140 Å². The van der Waals surface area contributed by atoms with E-state index in [-0.39, 0.29) is 22.5 Å². The standard InChI is InChI=1S/C21H29O2/c1-13-11-18-17-6-5-15-12-16(22)7-8-20(15,4)21(17,23)10-9-19(18,3)14(13)2/h12-13,17-18H,2,5-11H2,1,3-4H3/q-1. The van der Waals surface area contributed by atoms with Crippen LogP contribution in [-0.2, 0) is 4.79 Å². The molecular weight excluding hydrogens is 284 g/mol. The maximum absolute atomic E-state index is 14.2. The summed E-state index contributed by atoms with van der Waals surface area (Å²) in [6.45, 7) is 11.2. The SMILES string of the molecule is C=C1C(C)CC2C3CCC4=CC(=O)CCC4(C)C3([O-])CCC12C. The lowest BCUT2D eigenvalue weighted by Gasteiger charge is -2.69. The van der Waals surface area contributed by atoms with Crippen molar-refractivity contribution in [2.75, 3.05) is 0 Å². The molecule has 0 saturated heterocycles. The molecule has 126 valence electrons. The number of carbonyl (C=O) groups excluding carboxylic acids is 1. The number of rotatable bonds is 0. The van der Waals surface area contributed by atoms with Gasteiger partial charge in [0.15, 0.2) is 5.78 Å². The van der Waals surface area contributed by atoms with Crippen LogP contribution in [0.25, 0.3) is 0 Å². The van der Waals surface area contributed by atoms with E-state index >= 15 is 0 Å². The maximum atomic E-state index is 14.2. The first kappa shape index (κ1) is 15.6. The molecule has 2 nitrogen and oxygen atoms in total. The van der Waals surface area contributed by atoms with Gasteiger partial charge in [-0.25, -0.2) is 0 Å². The molecule has 4 rings (SSSR count). The van der Waals surface area contributed by atoms with E-state index in [0.717, 1.165) is 44.1 Å². The fourth-order valence-corrected chi connectivity index (χ4v) is 6.72. The molecule has 0 aromatic rings. The van der Waals surface area contributed by atoms with Crippen molar-refractivity contribution in [3.8, 4) is 0 Å². The Bertz CT molecular complexity index is 617. The molecule has 6 unspecified atom stereocenters. The third-order valence-corrected chi connectivity index (χ3v) is 8.43. The van der Waals surface area contributed by atoms with Crippen LogP contribution in [0.2, 0.25) is 0 Å². The number of allylic oxidation sites excluding steroid dienone is 1. The van der Waals surface area contributed by atoms with Crippen LogP contribution < -0.4 is 5.11 Å². The van der Waals surface area contributed by atoms with Crippen molar-refractivity contribution in [2.45, 2.75) is 71.3 Å². The molecule has 23 heavy (non-hydrogen) atoms. The van der Waals surface area contributed by atoms with Gasteiger partial charge in [-0.15, -0.1) is 5.60 Å². The first-order valence-corrected chi connectivity index (χ1v) is 9.36. The minimum absolute atomic E-state index is 0.167. The first-order valence-electron chi connectivity index (χ1n) is 9.36. The molecule has 0 aromatic carbocycles. The van der Waals surface area contributed by atoms with Crippen LogP contribution in [0.3, 0.4) is 0 Å². The molecule has 3 saturated carbocycles. The van der Waals surface area contributed by atoms with Crippen LogP contribution in [0.5, 0.6) is 0 Å². The number of hydrogen-bond donors (Lipinski definition) is 0. The topological polar surface area (TPSA) is 40.1 Å². The summed E-state index contributed by atoms with van der Waals surface area (Å²) in [5.74, 6) is 1.51. The molecule has 0 bridgehead atoms. The Morgan fingerprint density at radius 3 is 2.65 bits per heavy atom. The molecule has 0 heterocycles. The zero-order valence-electron chi connectivity index (χ0n) is 14.8. The zero-order chi connectivity index (χ0) is 16.6. The van der Waals surface area contributed by atoms with Gasteiger partial charge in [-0.1, -0.05) is 44.9 Å². The number of fused-ring (bicyclic) bond motifs is 5. The summed E-state index contributed by atoms with van der Waals surface area (Å²) in [6.07, 6.45) is 7.93. The van der Waals surface area contributed by atoms with Crippen LogP contribution in [0, 0.1) is 28.6 Å². The lowest BCUT2D eigenvalue weighted by atomic mass is 9.45. The average molecular weight is 313 g/mol. The van der Waals surface area contributed by atoms with E-state index in [1.165, 1.54) is 5.57 Å². The molecule has 0 radical (unpaired) electrons. The Morgan fingerprint density at radius 1 is 1.17 bits per heavy atom. The van der Waals surface area contributed by atoms with E-state index in [4.69, 9.17) is 0 Å². The molecule has 0 N–H and O–H groups in total. The molecule has 4 aliphatic carbocycles.